The summed E-state index contributed by atoms with van der Waals surface area (Å²) in [6, 6.07) is 8.25. The van der Waals surface area contributed by atoms with Gasteiger partial charge < -0.3 is 15.2 Å². The van der Waals surface area contributed by atoms with Crippen LogP contribution in [-0.2, 0) is 13.1 Å². The zero-order valence-electron chi connectivity index (χ0n) is 14.7. The topological polar surface area (TPSA) is 67.1 Å². The Labute approximate surface area is 151 Å². The number of rotatable bonds is 5. The van der Waals surface area contributed by atoms with E-state index in [4.69, 9.17) is 0 Å². The van der Waals surface area contributed by atoms with Crippen LogP contribution in [-0.4, -0.2) is 27.5 Å². The van der Waals surface area contributed by atoms with Crippen LogP contribution in [0.5, 0.6) is 0 Å². The van der Waals surface area contributed by atoms with Gasteiger partial charge in [-0.25, -0.2) is 9.97 Å². The third-order valence-corrected chi connectivity index (χ3v) is 4.93. The molecule has 2 aromatic heterocycles. The normalized spacial score (nSPS) is 11.6. The third kappa shape index (κ3) is 4.24. The predicted octanol–water partition coefficient (Wildman–Crippen LogP) is 2.81. The average Bonchev–Trinajstić information content (AvgIpc) is 3.25. The first-order chi connectivity index (χ1) is 12.2. The number of imidazole rings is 1. The summed E-state index contributed by atoms with van der Waals surface area (Å²) in [7, 11) is 1.78. The van der Waals surface area contributed by atoms with E-state index < -0.39 is 0 Å². The first-order valence-corrected chi connectivity index (χ1v) is 8.92. The van der Waals surface area contributed by atoms with Gasteiger partial charge in [-0.1, -0.05) is 18.2 Å². The fraction of sp³-hybridized carbons (Fsp3) is 0.278. The van der Waals surface area contributed by atoms with Gasteiger partial charge in [0.15, 0.2) is 5.96 Å². The summed E-state index contributed by atoms with van der Waals surface area (Å²) >= 11 is 1.72. The monoisotopic (exact) mass is 354 g/mol. The van der Waals surface area contributed by atoms with E-state index in [0.29, 0.717) is 6.54 Å². The van der Waals surface area contributed by atoms with Crippen LogP contribution in [0.4, 0.5) is 0 Å². The first kappa shape index (κ1) is 17.2. The molecule has 3 aromatic rings. The molecule has 1 aromatic carbocycles. The lowest BCUT2D eigenvalue weighted by Crippen LogP contribution is -2.36. The molecule has 0 amide bonds. The number of nitrogens with zero attached hydrogens (tertiary/aromatic N) is 4. The van der Waals surface area contributed by atoms with Gasteiger partial charge in [-0.2, -0.15) is 0 Å². The molecule has 25 heavy (non-hydrogen) atoms. The Balaban J connectivity index is 1.63. The summed E-state index contributed by atoms with van der Waals surface area (Å²) < 4.78 is 2.01. The van der Waals surface area contributed by atoms with E-state index in [1.807, 2.05) is 36.7 Å². The maximum Gasteiger partial charge on any atom is 0.191 e. The minimum atomic E-state index is 0.675. The maximum absolute atomic E-state index is 4.46. The molecule has 3 rings (SSSR count). The summed E-state index contributed by atoms with van der Waals surface area (Å²) in [5.74, 6) is 0.769. The van der Waals surface area contributed by atoms with E-state index in [-0.39, 0.29) is 0 Å². The number of aryl methyl sites for hydroxylation is 2. The Hall–Kier alpha value is -2.67. The van der Waals surface area contributed by atoms with Gasteiger partial charge in [0.25, 0.3) is 0 Å². The Morgan fingerprint density at radius 3 is 2.68 bits per heavy atom. The zero-order chi connectivity index (χ0) is 17.6. The van der Waals surface area contributed by atoms with Crippen molar-refractivity contribution in [2.24, 2.45) is 4.99 Å². The van der Waals surface area contributed by atoms with E-state index in [0.717, 1.165) is 28.9 Å². The predicted molar refractivity (Wildman–Crippen MR) is 102 cm³/mol. The highest BCUT2D eigenvalue weighted by Gasteiger charge is 2.07. The van der Waals surface area contributed by atoms with Gasteiger partial charge in [-0.15, -0.1) is 11.3 Å². The lowest BCUT2D eigenvalue weighted by molar-refractivity contribution is 0.806. The fourth-order valence-corrected chi connectivity index (χ4v) is 3.49. The standard InChI is InChI=1S/C18H22N6S/c1-13-17(25-14(2)23-13)11-22-18(19-3)21-10-15-6-4-5-7-16(15)24-9-8-20-12-24/h4-9,12H,10-11H2,1-3H3,(H2,19,21,22). The number of nitrogens with one attached hydrogen (secondary N) is 2. The van der Waals surface area contributed by atoms with Gasteiger partial charge in [0.05, 0.1) is 29.3 Å². The van der Waals surface area contributed by atoms with Crippen LogP contribution >= 0.6 is 11.3 Å². The van der Waals surface area contributed by atoms with Crippen LogP contribution in [0, 0.1) is 13.8 Å². The number of guanidine groups is 1. The number of thiazole rings is 1. The highest BCUT2D eigenvalue weighted by molar-refractivity contribution is 7.11. The van der Waals surface area contributed by atoms with Gasteiger partial charge >= 0.3 is 0 Å². The molecule has 0 bridgehead atoms. The minimum Gasteiger partial charge on any atom is -0.352 e. The number of benzene rings is 1. The molecule has 2 heterocycles. The molecule has 0 saturated heterocycles. The molecule has 0 spiro atoms. The molecule has 130 valence electrons. The molecule has 6 nitrogen and oxygen atoms in total. The molecule has 0 radical (unpaired) electrons. The smallest absolute Gasteiger partial charge is 0.191 e. The van der Waals surface area contributed by atoms with E-state index in [1.54, 1.807) is 30.9 Å². The van der Waals surface area contributed by atoms with Crippen LogP contribution in [0.2, 0.25) is 0 Å². The van der Waals surface area contributed by atoms with Gasteiger partial charge in [0.1, 0.15) is 0 Å². The van der Waals surface area contributed by atoms with Crippen molar-refractivity contribution in [1.82, 2.24) is 25.2 Å². The van der Waals surface area contributed by atoms with Crippen LogP contribution < -0.4 is 10.6 Å². The van der Waals surface area contributed by atoms with Crippen molar-refractivity contribution in [2.75, 3.05) is 7.05 Å². The van der Waals surface area contributed by atoms with E-state index in [9.17, 15) is 0 Å². The molecule has 2 N–H and O–H groups in total. The highest BCUT2D eigenvalue weighted by atomic mass is 32.1. The second-order valence-corrected chi connectivity index (χ2v) is 6.91. The quantitative estimate of drug-likeness (QED) is 0.546. The van der Waals surface area contributed by atoms with Crippen molar-refractivity contribution in [3.05, 3.63) is 64.1 Å². The van der Waals surface area contributed by atoms with E-state index >= 15 is 0 Å². The van der Waals surface area contributed by atoms with E-state index in [1.165, 1.54) is 10.4 Å². The summed E-state index contributed by atoms with van der Waals surface area (Å²) in [4.78, 5) is 14.1. The van der Waals surface area contributed by atoms with Crippen molar-refractivity contribution in [3.8, 4) is 5.69 Å². The van der Waals surface area contributed by atoms with Crippen LogP contribution in [0.25, 0.3) is 5.69 Å². The van der Waals surface area contributed by atoms with Gasteiger partial charge in [-0.05, 0) is 25.5 Å². The molecule has 0 aliphatic carbocycles. The summed E-state index contributed by atoms with van der Waals surface area (Å²) in [5.41, 5.74) is 3.36. The van der Waals surface area contributed by atoms with Crippen LogP contribution in [0.1, 0.15) is 21.1 Å². The van der Waals surface area contributed by atoms with Crippen molar-refractivity contribution in [1.29, 1.82) is 0 Å². The van der Waals surface area contributed by atoms with Crippen LogP contribution in [0.3, 0.4) is 0 Å². The van der Waals surface area contributed by atoms with Gasteiger partial charge in [-0.3, -0.25) is 4.99 Å². The summed E-state index contributed by atoms with van der Waals surface area (Å²) in [6.45, 7) is 5.47. The molecule has 0 atom stereocenters. The van der Waals surface area contributed by atoms with Crippen molar-refractivity contribution >= 4 is 17.3 Å². The summed E-state index contributed by atoms with van der Waals surface area (Å²) in [5, 5.41) is 7.82. The Bertz CT molecular complexity index is 850. The number of hydrogen-bond acceptors (Lipinski definition) is 4. The largest absolute Gasteiger partial charge is 0.352 e. The SMILES string of the molecule is CN=C(NCc1ccccc1-n1ccnc1)NCc1sc(C)nc1C. The summed E-state index contributed by atoms with van der Waals surface area (Å²) in [6.07, 6.45) is 5.53. The number of hydrogen-bond donors (Lipinski definition) is 2. The maximum atomic E-state index is 4.46. The molecular weight excluding hydrogens is 332 g/mol. The van der Waals surface area contributed by atoms with Crippen molar-refractivity contribution in [3.63, 3.8) is 0 Å². The fourth-order valence-electron chi connectivity index (χ4n) is 2.61. The van der Waals surface area contributed by atoms with E-state index in [2.05, 4.69) is 37.7 Å². The molecule has 0 aliphatic rings. The Morgan fingerprint density at radius 1 is 1.20 bits per heavy atom. The molecule has 0 saturated carbocycles. The average molecular weight is 354 g/mol. The van der Waals surface area contributed by atoms with Crippen LogP contribution in [0.15, 0.2) is 48.0 Å². The molecular formula is C18H22N6S. The zero-order valence-corrected chi connectivity index (χ0v) is 15.5. The van der Waals surface area contributed by atoms with Gasteiger partial charge in [0.2, 0.25) is 0 Å². The van der Waals surface area contributed by atoms with Crippen molar-refractivity contribution in [2.45, 2.75) is 26.9 Å². The second-order valence-electron chi connectivity index (χ2n) is 5.62. The third-order valence-electron chi connectivity index (χ3n) is 3.86. The Kier molecular flexibility index (Phi) is 5.45. The number of aliphatic imine (C=N–C) groups is 1. The second kappa shape index (κ2) is 7.94. The molecule has 0 fully saturated rings. The van der Waals surface area contributed by atoms with Gasteiger partial charge in [0, 0.05) is 30.9 Å². The Morgan fingerprint density at radius 2 is 2.00 bits per heavy atom. The first-order valence-electron chi connectivity index (χ1n) is 8.11. The number of para-hydroxylation sites is 1. The molecule has 7 heteroatoms. The van der Waals surface area contributed by atoms with Crippen molar-refractivity contribution < 1.29 is 0 Å². The number of aromatic nitrogens is 3. The lowest BCUT2D eigenvalue weighted by Gasteiger charge is -2.14. The molecule has 0 unspecified atom stereocenters. The highest BCUT2D eigenvalue weighted by Crippen LogP contribution is 2.16. The minimum absolute atomic E-state index is 0.675. The molecule has 0 aliphatic heterocycles. The lowest BCUT2D eigenvalue weighted by atomic mass is 10.1.